The van der Waals surface area contributed by atoms with E-state index in [1.165, 1.54) is 7.05 Å². The van der Waals surface area contributed by atoms with Crippen molar-refractivity contribution in [1.29, 1.82) is 0 Å². The van der Waals surface area contributed by atoms with E-state index in [0.717, 1.165) is 30.0 Å². The van der Waals surface area contributed by atoms with Crippen LogP contribution in [0.4, 0.5) is 11.4 Å². The molecule has 0 radical (unpaired) electrons. The molecular weight excluding hydrogens is 370 g/mol. The van der Waals surface area contributed by atoms with Crippen LogP contribution in [0, 0.1) is 5.92 Å². The van der Waals surface area contributed by atoms with Gasteiger partial charge in [0.25, 0.3) is 11.8 Å². The summed E-state index contributed by atoms with van der Waals surface area (Å²) in [6.07, 6.45) is 2.25. The van der Waals surface area contributed by atoms with Gasteiger partial charge in [-0.3, -0.25) is 24.1 Å². The molecule has 2 aromatic rings. The monoisotopic (exact) mass is 391 g/mol. The highest BCUT2D eigenvalue weighted by Gasteiger charge is 2.33. The minimum absolute atomic E-state index is 0.0778. The lowest BCUT2D eigenvalue weighted by atomic mass is 9.95. The number of piperidine rings is 1. The molecule has 2 aliphatic rings. The van der Waals surface area contributed by atoms with Gasteiger partial charge >= 0.3 is 0 Å². The second-order valence-corrected chi connectivity index (χ2v) is 7.39. The lowest BCUT2D eigenvalue weighted by molar-refractivity contribution is -0.120. The number of rotatable bonds is 4. The Morgan fingerprint density at radius 1 is 1.00 bits per heavy atom. The van der Waals surface area contributed by atoms with Crippen molar-refractivity contribution in [3.63, 3.8) is 0 Å². The topological polar surface area (TPSA) is 86.8 Å². The Hall–Kier alpha value is -3.48. The molecule has 3 amide bonds. The van der Waals surface area contributed by atoms with Crippen LogP contribution in [0.2, 0.25) is 0 Å². The fourth-order valence-electron chi connectivity index (χ4n) is 3.85. The third-order valence-corrected chi connectivity index (χ3v) is 5.62. The van der Waals surface area contributed by atoms with Crippen LogP contribution in [0.15, 0.2) is 42.5 Å². The molecule has 0 atom stereocenters. The maximum Gasteiger partial charge on any atom is 0.261 e. The minimum atomic E-state index is -0.352. The molecule has 0 spiro atoms. The van der Waals surface area contributed by atoms with Crippen molar-refractivity contribution in [2.75, 3.05) is 30.4 Å². The van der Waals surface area contributed by atoms with Gasteiger partial charge in [0.05, 0.1) is 11.1 Å². The highest BCUT2D eigenvalue weighted by Crippen LogP contribution is 2.27. The zero-order valence-electron chi connectivity index (χ0n) is 16.1. The highest BCUT2D eigenvalue weighted by atomic mass is 16.2. The molecule has 0 unspecified atom stereocenters. The van der Waals surface area contributed by atoms with Crippen LogP contribution in [0.25, 0.3) is 0 Å². The quantitative estimate of drug-likeness (QED) is 0.639. The number of fused-ring (bicyclic) bond motifs is 1. The fraction of sp³-hybridized carbons (Fsp3) is 0.273. The summed E-state index contributed by atoms with van der Waals surface area (Å²) in [5.74, 6) is -0.869. The average molecular weight is 391 g/mol. The lowest BCUT2D eigenvalue weighted by Crippen LogP contribution is -2.38. The number of anilines is 2. The Labute approximate surface area is 168 Å². The summed E-state index contributed by atoms with van der Waals surface area (Å²) in [7, 11) is 1.45. The van der Waals surface area contributed by atoms with Crippen molar-refractivity contribution in [1.82, 2.24) is 4.90 Å². The summed E-state index contributed by atoms with van der Waals surface area (Å²) in [6.45, 7) is 1.50. The molecule has 7 nitrogen and oxygen atoms in total. The van der Waals surface area contributed by atoms with Gasteiger partial charge in [-0.25, -0.2) is 0 Å². The molecule has 1 saturated heterocycles. The van der Waals surface area contributed by atoms with E-state index in [0.29, 0.717) is 35.2 Å². The molecule has 2 heterocycles. The van der Waals surface area contributed by atoms with Crippen LogP contribution < -0.4 is 10.2 Å². The Morgan fingerprint density at radius 3 is 2.31 bits per heavy atom. The van der Waals surface area contributed by atoms with Crippen LogP contribution in [0.3, 0.4) is 0 Å². The van der Waals surface area contributed by atoms with Crippen molar-refractivity contribution in [2.45, 2.75) is 12.8 Å². The summed E-state index contributed by atoms with van der Waals surface area (Å²) in [5, 5.41) is 2.88. The molecule has 2 aliphatic heterocycles. The van der Waals surface area contributed by atoms with E-state index in [-0.39, 0.29) is 23.6 Å². The van der Waals surface area contributed by atoms with Crippen LogP contribution in [-0.2, 0) is 4.79 Å². The number of aldehydes is 1. The number of imide groups is 1. The van der Waals surface area contributed by atoms with Gasteiger partial charge in [-0.15, -0.1) is 0 Å². The van der Waals surface area contributed by atoms with E-state index in [1.807, 2.05) is 12.1 Å². The van der Waals surface area contributed by atoms with Crippen LogP contribution in [0.5, 0.6) is 0 Å². The van der Waals surface area contributed by atoms with E-state index >= 15 is 0 Å². The lowest BCUT2D eigenvalue weighted by Gasteiger charge is -2.33. The van der Waals surface area contributed by atoms with Crippen molar-refractivity contribution in [2.24, 2.45) is 5.92 Å². The van der Waals surface area contributed by atoms with E-state index in [1.54, 1.807) is 30.3 Å². The smallest absolute Gasteiger partial charge is 0.261 e. The van der Waals surface area contributed by atoms with Crippen LogP contribution in [-0.4, -0.2) is 49.0 Å². The third kappa shape index (κ3) is 3.51. The number of hydrogen-bond acceptors (Lipinski definition) is 5. The first-order valence-electron chi connectivity index (χ1n) is 9.55. The van der Waals surface area contributed by atoms with E-state index in [4.69, 9.17) is 0 Å². The Bertz CT molecular complexity index is 992. The maximum atomic E-state index is 12.7. The second-order valence-electron chi connectivity index (χ2n) is 7.39. The molecule has 4 rings (SSSR count). The number of carbonyl (C=O) groups is 4. The number of nitrogens with zero attached hydrogens (tertiary/aromatic N) is 2. The molecule has 1 fully saturated rings. The third-order valence-electron chi connectivity index (χ3n) is 5.62. The maximum absolute atomic E-state index is 12.7. The van der Waals surface area contributed by atoms with E-state index in [9.17, 15) is 19.2 Å². The largest absolute Gasteiger partial charge is 0.371 e. The number of carbonyl (C=O) groups excluding carboxylic acids is 4. The molecule has 0 aromatic heterocycles. The van der Waals surface area contributed by atoms with Crippen molar-refractivity contribution in [3.05, 3.63) is 59.2 Å². The van der Waals surface area contributed by atoms with Crippen molar-refractivity contribution in [3.8, 4) is 0 Å². The van der Waals surface area contributed by atoms with Gasteiger partial charge in [-0.1, -0.05) is 0 Å². The summed E-state index contributed by atoms with van der Waals surface area (Å²) < 4.78 is 0. The first-order chi connectivity index (χ1) is 14.0. The Balaban J connectivity index is 1.37. The summed E-state index contributed by atoms with van der Waals surface area (Å²) >= 11 is 0. The molecule has 2 aromatic carbocycles. The van der Waals surface area contributed by atoms with Gasteiger partial charge in [0.1, 0.15) is 6.29 Å². The number of benzene rings is 2. The van der Waals surface area contributed by atoms with Crippen LogP contribution >= 0.6 is 0 Å². The van der Waals surface area contributed by atoms with Gasteiger partial charge in [-0.05, 0) is 55.3 Å². The zero-order valence-corrected chi connectivity index (χ0v) is 16.1. The fourth-order valence-corrected chi connectivity index (χ4v) is 3.85. The molecular formula is C22H21N3O4. The van der Waals surface area contributed by atoms with Crippen molar-refractivity contribution < 1.29 is 19.2 Å². The predicted octanol–water partition coefficient (Wildman–Crippen LogP) is 2.58. The van der Waals surface area contributed by atoms with Gasteiger partial charge in [0.2, 0.25) is 5.91 Å². The predicted molar refractivity (Wildman–Crippen MR) is 108 cm³/mol. The molecule has 148 valence electrons. The van der Waals surface area contributed by atoms with E-state index in [2.05, 4.69) is 10.2 Å². The minimum Gasteiger partial charge on any atom is -0.371 e. The summed E-state index contributed by atoms with van der Waals surface area (Å²) in [5.41, 5.74) is 2.90. The second kappa shape index (κ2) is 7.50. The SMILES string of the molecule is CN1C(=O)c2ccc(NC(=O)C3CCN(c4ccc(C=O)cc4)CC3)cc2C1=O. The Morgan fingerprint density at radius 2 is 1.66 bits per heavy atom. The summed E-state index contributed by atoms with van der Waals surface area (Å²) in [4.78, 5) is 50.8. The molecule has 0 bridgehead atoms. The molecule has 0 saturated carbocycles. The number of nitrogens with one attached hydrogen (secondary N) is 1. The summed E-state index contributed by atoms with van der Waals surface area (Å²) in [6, 6.07) is 12.2. The zero-order chi connectivity index (χ0) is 20.5. The Kier molecular flexibility index (Phi) is 4.88. The standard InChI is InChI=1S/C22H21N3O4/c1-24-21(28)18-7-4-16(12-19(18)22(24)29)23-20(27)15-8-10-25(11-9-15)17-5-2-14(13-26)3-6-17/h2-7,12-13,15H,8-11H2,1H3,(H,23,27). The molecule has 1 N–H and O–H groups in total. The molecule has 0 aliphatic carbocycles. The average Bonchev–Trinajstić information content (AvgIpc) is 2.97. The first kappa shape index (κ1) is 18.9. The molecule has 29 heavy (non-hydrogen) atoms. The van der Waals surface area contributed by atoms with Crippen LogP contribution in [0.1, 0.15) is 43.9 Å². The van der Waals surface area contributed by atoms with Gasteiger partial charge in [0.15, 0.2) is 0 Å². The normalized spacial score (nSPS) is 16.7. The van der Waals surface area contributed by atoms with Crippen molar-refractivity contribution >= 4 is 35.4 Å². The number of hydrogen-bond donors (Lipinski definition) is 1. The van der Waals surface area contributed by atoms with Gasteiger partial charge in [-0.2, -0.15) is 0 Å². The van der Waals surface area contributed by atoms with E-state index < -0.39 is 0 Å². The number of amides is 3. The molecule has 7 heteroatoms. The van der Waals surface area contributed by atoms with Gasteiger partial charge in [0, 0.05) is 43.0 Å². The highest BCUT2D eigenvalue weighted by molar-refractivity contribution is 6.21. The van der Waals surface area contributed by atoms with Gasteiger partial charge < -0.3 is 10.2 Å². The first-order valence-corrected chi connectivity index (χ1v) is 9.55.